The molecule has 0 radical (unpaired) electrons. The van der Waals surface area contributed by atoms with Gasteiger partial charge in [0.1, 0.15) is 11.4 Å². The number of aryl methyl sites for hydroxylation is 1. The average Bonchev–Trinajstić information content (AvgIpc) is 2.95. The zero-order valence-corrected chi connectivity index (χ0v) is 12.7. The first-order valence-corrected chi connectivity index (χ1v) is 7.70. The second-order valence-electron chi connectivity index (χ2n) is 4.58. The smallest absolute Gasteiger partial charge is 0.353 e. The van der Waals surface area contributed by atoms with Gasteiger partial charge in [0, 0.05) is 0 Å². The second kappa shape index (κ2) is 5.98. The van der Waals surface area contributed by atoms with Gasteiger partial charge in [-0.25, -0.2) is 4.79 Å². The van der Waals surface area contributed by atoms with E-state index in [9.17, 15) is 13.2 Å². The molecular formula is C13H14N4O4S. The number of rotatable bonds is 5. The molecule has 1 heterocycles. The van der Waals surface area contributed by atoms with Crippen LogP contribution in [-0.4, -0.2) is 35.4 Å². The van der Waals surface area contributed by atoms with Gasteiger partial charge in [-0.2, -0.15) is 23.4 Å². The summed E-state index contributed by atoms with van der Waals surface area (Å²) in [6, 6.07) is 7.57. The summed E-state index contributed by atoms with van der Waals surface area (Å²) in [7, 11) is -3.78. The number of carboxylic acids is 1. The average molecular weight is 322 g/mol. The third kappa shape index (κ3) is 3.50. The highest BCUT2D eigenvalue weighted by molar-refractivity contribution is 7.89. The van der Waals surface area contributed by atoms with Crippen molar-refractivity contribution in [3.63, 3.8) is 0 Å². The fourth-order valence-corrected chi connectivity index (χ4v) is 2.43. The van der Waals surface area contributed by atoms with E-state index in [1.807, 2.05) is 6.92 Å². The predicted octanol–water partition coefficient (Wildman–Crippen LogP) is 1.12. The van der Waals surface area contributed by atoms with Crippen molar-refractivity contribution in [1.29, 1.82) is 0 Å². The summed E-state index contributed by atoms with van der Waals surface area (Å²) in [5.74, 6) is -1.16. The van der Waals surface area contributed by atoms with Crippen molar-refractivity contribution in [1.82, 2.24) is 15.0 Å². The molecule has 1 aromatic carbocycles. The van der Waals surface area contributed by atoms with Crippen molar-refractivity contribution in [2.24, 2.45) is 5.10 Å². The van der Waals surface area contributed by atoms with Gasteiger partial charge in [-0.05, 0) is 32.0 Å². The summed E-state index contributed by atoms with van der Waals surface area (Å²) in [6.07, 6.45) is 0. The largest absolute Gasteiger partial charge is 0.477 e. The molecule has 0 bridgehead atoms. The maximum Gasteiger partial charge on any atom is 0.353 e. The third-order valence-electron chi connectivity index (χ3n) is 2.84. The fraction of sp³-hybridized carbons (Fsp3) is 0.154. The number of hydrogen-bond acceptors (Lipinski definition) is 5. The number of carboxylic acid groups (broad SMARTS) is 1. The topological polar surface area (TPSA) is 125 Å². The van der Waals surface area contributed by atoms with Gasteiger partial charge >= 0.3 is 5.97 Å². The Kier molecular flexibility index (Phi) is 4.27. The number of nitrogens with zero attached hydrogens (tertiary/aromatic N) is 2. The number of nitrogens with one attached hydrogen (secondary N) is 2. The number of hydrazone groups is 1. The molecule has 0 saturated heterocycles. The summed E-state index contributed by atoms with van der Waals surface area (Å²) in [5, 5.41) is 18.6. The minimum atomic E-state index is -3.78. The number of benzene rings is 1. The first-order chi connectivity index (χ1) is 10.3. The van der Waals surface area contributed by atoms with Crippen LogP contribution < -0.4 is 4.83 Å². The van der Waals surface area contributed by atoms with Crippen molar-refractivity contribution in [3.05, 3.63) is 47.3 Å². The lowest BCUT2D eigenvalue weighted by molar-refractivity contribution is 0.0690. The van der Waals surface area contributed by atoms with Gasteiger partial charge in [-0.1, -0.05) is 17.7 Å². The normalized spacial score (nSPS) is 12.2. The van der Waals surface area contributed by atoms with Crippen LogP contribution in [0.25, 0.3) is 0 Å². The maximum absolute atomic E-state index is 12.1. The predicted molar refractivity (Wildman–Crippen MR) is 79.3 cm³/mol. The molecule has 0 saturated carbocycles. The lowest BCUT2D eigenvalue weighted by atomic mass is 10.2. The quantitative estimate of drug-likeness (QED) is 0.562. The van der Waals surface area contributed by atoms with Crippen molar-refractivity contribution in [2.75, 3.05) is 0 Å². The number of hydrogen-bond donors (Lipinski definition) is 3. The van der Waals surface area contributed by atoms with E-state index in [0.717, 1.165) is 5.56 Å². The van der Waals surface area contributed by atoms with E-state index >= 15 is 0 Å². The molecule has 0 amide bonds. The van der Waals surface area contributed by atoms with Gasteiger partial charge < -0.3 is 5.11 Å². The molecule has 0 atom stereocenters. The molecule has 3 N–H and O–H groups in total. The number of aromatic carboxylic acids is 1. The number of aromatic nitrogens is 2. The Morgan fingerprint density at radius 3 is 2.50 bits per heavy atom. The van der Waals surface area contributed by atoms with Crippen LogP contribution in [0.5, 0.6) is 0 Å². The maximum atomic E-state index is 12.1. The summed E-state index contributed by atoms with van der Waals surface area (Å²) in [4.78, 5) is 12.9. The Hall–Kier alpha value is -2.68. The monoisotopic (exact) mass is 322 g/mol. The molecule has 22 heavy (non-hydrogen) atoms. The first kappa shape index (κ1) is 15.7. The van der Waals surface area contributed by atoms with Crippen LogP contribution in [-0.2, 0) is 10.0 Å². The number of H-pyrrole nitrogens is 1. The van der Waals surface area contributed by atoms with Crippen molar-refractivity contribution < 1.29 is 18.3 Å². The van der Waals surface area contributed by atoms with Gasteiger partial charge in [0.25, 0.3) is 10.0 Å². The van der Waals surface area contributed by atoms with E-state index in [2.05, 4.69) is 20.1 Å². The Morgan fingerprint density at radius 1 is 1.32 bits per heavy atom. The second-order valence-corrected chi connectivity index (χ2v) is 6.24. The molecule has 2 aromatic rings. The van der Waals surface area contributed by atoms with E-state index in [-0.39, 0.29) is 22.0 Å². The molecule has 0 spiro atoms. The van der Waals surface area contributed by atoms with Crippen LogP contribution in [0.1, 0.15) is 28.7 Å². The molecule has 0 aliphatic carbocycles. The molecule has 116 valence electrons. The Morgan fingerprint density at radius 2 is 1.95 bits per heavy atom. The third-order valence-corrected chi connectivity index (χ3v) is 4.07. The molecular weight excluding hydrogens is 308 g/mol. The molecule has 1 aromatic heterocycles. The van der Waals surface area contributed by atoms with Crippen LogP contribution in [0.2, 0.25) is 0 Å². The highest BCUT2D eigenvalue weighted by Crippen LogP contribution is 2.10. The number of aromatic amines is 1. The van der Waals surface area contributed by atoms with Crippen LogP contribution in [0.15, 0.2) is 40.3 Å². The van der Waals surface area contributed by atoms with Gasteiger partial charge in [-0.15, -0.1) is 0 Å². The Labute approximate surface area is 126 Å². The highest BCUT2D eigenvalue weighted by Gasteiger charge is 2.14. The van der Waals surface area contributed by atoms with E-state index in [4.69, 9.17) is 5.11 Å². The summed E-state index contributed by atoms with van der Waals surface area (Å²) >= 11 is 0. The zero-order valence-electron chi connectivity index (χ0n) is 11.9. The fourth-order valence-electron chi connectivity index (χ4n) is 1.57. The minimum absolute atomic E-state index is 0.0860. The van der Waals surface area contributed by atoms with Gasteiger partial charge in [0.15, 0.2) is 0 Å². The summed E-state index contributed by atoms with van der Waals surface area (Å²) in [5.41, 5.74) is 1.31. The van der Waals surface area contributed by atoms with E-state index < -0.39 is 16.0 Å². The van der Waals surface area contributed by atoms with Crippen LogP contribution in [0.3, 0.4) is 0 Å². The standard InChI is InChI=1S/C13H14N4O4S/c1-8-3-5-10(6-4-8)22(20,21)17-14-9(2)11-7-12(13(18)19)16-15-11/h3-7,17H,1-2H3,(H,15,16)(H,18,19)/b14-9+. The molecule has 9 heteroatoms. The molecule has 8 nitrogen and oxygen atoms in total. The molecule has 0 aliphatic heterocycles. The van der Waals surface area contributed by atoms with E-state index in [1.54, 1.807) is 12.1 Å². The van der Waals surface area contributed by atoms with Crippen LogP contribution >= 0.6 is 0 Å². The Balaban J connectivity index is 2.18. The molecule has 0 fully saturated rings. The minimum Gasteiger partial charge on any atom is -0.477 e. The van der Waals surface area contributed by atoms with E-state index in [0.29, 0.717) is 0 Å². The molecule has 0 aliphatic rings. The van der Waals surface area contributed by atoms with Gasteiger partial charge in [-0.3, -0.25) is 5.10 Å². The zero-order chi connectivity index (χ0) is 16.3. The summed E-state index contributed by atoms with van der Waals surface area (Å²) in [6.45, 7) is 3.36. The lowest BCUT2D eigenvalue weighted by Crippen LogP contribution is -2.20. The van der Waals surface area contributed by atoms with Gasteiger partial charge in [0.05, 0.1) is 10.6 Å². The van der Waals surface area contributed by atoms with Crippen LogP contribution in [0, 0.1) is 6.92 Å². The molecule has 2 rings (SSSR count). The van der Waals surface area contributed by atoms with Crippen molar-refractivity contribution in [3.8, 4) is 0 Å². The molecule has 0 unspecified atom stereocenters. The van der Waals surface area contributed by atoms with E-state index in [1.165, 1.54) is 25.1 Å². The highest BCUT2D eigenvalue weighted by atomic mass is 32.2. The summed E-state index contributed by atoms with van der Waals surface area (Å²) < 4.78 is 24.1. The SMILES string of the molecule is C/C(=N\NS(=O)(=O)c1ccc(C)cc1)c1cc(C(=O)O)[nH]n1. The lowest BCUT2D eigenvalue weighted by Gasteiger charge is -2.04. The Bertz CT molecular complexity index is 822. The number of sulfonamides is 1. The number of carbonyl (C=O) groups is 1. The van der Waals surface area contributed by atoms with Crippen molar-refractivity contribution in [2.45, 2.75) is 18.7 Å². The van der Waals surface area contributed by atoms with Crippen LogP contribution in [0.4, 0.5) is 0 Å². The van der Waals surface area contributed by atoms with Gasteiger partial charge in [0.2, 0.25) is 0 Å². The van der Waals surface area contributed by atoms with Crippen molar-refractivity contribution >= 4 is 21.7 Å². The first-order valence-electron chi connectivity index (χ1n) is 6.21.